The van der Waals surface area contributed by atoms with E-state index in [2.05, 4.69) is 15.9 Å². The molecule has 0 saturated carbocycles. The largest absolute Gasteiger partial charge is 0.446 e. The van der Waals surface area contributed by atoms with E-state index in [1.54, 1.807) is 0 Å². The Kier molecular flexibility index (Phi) is 5.17. The first-order chi connectivity index (χ1) is 9.33. The summed E-state index contributed by atoms with van der Waals surface area (Å²) in [4.78, 5) is 1.13. The highest BCUT2D eigenvalue weighted by Crippen LogP contribution is 2.37. The molecule has 1 N–H and O–H groups in total. The molecule has 2 rings (SSSR count). The lowest BCUT2D eigenvalue weighted by molar-refractivity contribution is -0.0328. The summed E-state index contributed by atoms with van der Waals surface area (Å²) in [5, 5.41) is 12.0. The van der Waals surface area contributed by atoms with Gasteiger partial charge in [-0.1, -0.05) is 12.1 Å². The van der Waals surface area contributed by atoms with Gasteiger partial charge in [-0.25, -0.2) is 0 Å². The Morgan fingerprint density at radius 2 is 1.90 bits per heavy atom. The minimum absolute atomic E-state index is 0.118. The number of hydrogen-bond acceptors (Lipinski definition) is 3. The summed E-state index contributed by atoms with van der Waals surface area (Å²) in [6, 6.07) is 7.73. The van der Waals surface area contributed by atoms with Gasteiger partial charge in [0, 0.05) is 26.0 Å². The van der Waals surface area contributed by atoms with Crippen molar-refractivity contribution >= 4 is 39.0 Å². The molecule has 0 bridgehead atoms. The molecule has 1 atom stereocenters. The molecule has 0 fully saturated rings. The fraction of sp³-hybridized carbons (Fsp3) is 0.231. The van der Waals surface area contributed by atoms with Gasteiger partial charge in [-0.2, -0.15) is 13.2 Å². The molecular weight excluding hydrogens is 373 g/mol. The van der Waals surface area contributed by atoms with Crippen LogP contribution in [0.3, 0.4) is 0 Å². The Bertz CT molecular complexity index is 566. The van der Waals surface area contributed by atoms with Gasteiger partial charge in [0.15, 0.2) is 0 Å². The Morgan fingerprint density at radius 1 is 1.25 bits per heavy atom. The maximum absolute atomic E-state index is 12.2. The van der Waals surface area contributed by atoms with Crippen molar-refractivity contribution in [2.75, 3.05) is 0 Å². The SMILES string of the molecule is OC(Cc1cc(Br)cs1)c1ccc(SC(F)(F)F)cc1. The van der Waals surface area contributed by atoms with Crippen LogP contribution in [-0.4, -0.2) is 10.6 Å². The van der Waals surface area contributed by atoms with Crippen LogP contribution >= 0.6 is 39.0 Å². The standard InChI is InChI=1S/C13H10BrF3OS2/c14-9-5-11(19-7-9)6-12(18)8-1-3-10(4-2-8)20-13(15,16)17/h1-5,7,12,18H,6H2. The third-order valence-electron chi connectivity index (χ3n) is 2.51. The smallest absolute Gasteiger partial charge is 0.388 e. The van der Waals surface area contributed by atoms with Crippen molar-refractivity contribution in [3.05, 3.63) is 50.6 Å². The molecule has 0 amide bonds. The van der Waals surface area contributed by atoms with Gasteiger partial charge in [0.2, 0.25) is 0 Å². The number of thioether (sulfide) groups is 1. The van der Waals surface area contributed by atoms with Gasteiger partial charge in [-0.05, 0) is 51.5 Å². The second-order valence-corrected chi connectivity index (χ2v) is 7.12. The van der Waals surface area contributed by atoms with E-state index in [0.717, 1.165) is 9.35 Å². The van der Waals surface area contributed by atoms with E-state index in [9.17, 15) is 18.3 Å². The van der Waals surface area contributed by atoms with Crippen LogP contribution in [-0.2, 0) is 6.42 Å². The van der Waals surface area contributed by atoms with Crippen LogP contribution in [0.4, 0.5) is 13.2 Å². The van der Waals surface area contributed by atoms with Gasteiger partial charge >= 0.3 is 5.51 Å². The van der Waals surface area contributed by atoms with Gasteiger partial charge in [0.25, 0.3) is 0 Å². The maximum Gasteiger partial charge on any atom is 0.446 e. The molecule has 20 heavy (non-hydrogen) atoms. The predicted octanol–water partition coefficient (Wildman–Crippen LogP) is 5.40. The van der Waals surface area contributed by atoms with Crippen LogP contribution in [0.5, 0.6) is 0 Å². The van der Waals surface area contributed by atoms with Crippen molar-refractivity contribution in [1.29, 1.82) is 0 Å². The van der Waals surface area contributed by atoms with Gasteiger partial charge < -0.3 is 5.11 Å². The van der Waals surface area contributed by atoms with Crippen molar-refractivity contribution in [3.8, 4) is 0 Å². The summed E-state index contributed by atoms with van der Waals surface area (Å²) in [5.41, 5.74) is -3.68. The highest BCUT2D eigenvalue weighted by Gasteiger charge is 2.29. The lowest BCUT2D eigenvalue weighted by Gasteiger charge is -2.11. The third-order valence-corrected chi connectivity index (χ3v) is 4.97. The lowest BCUT2D eigenvalue weighted by Crippen LogP contribution is -2.01. The normalized spacial score (nSPS) is 13.4. The summed E-state index contributed by atoms with van der Waals surface area (Å²) in [5.74, 6) is 0. The Labute approximate surface area is 131 Å². The molecule has 0 aliphatic carbocycles. The molecular formula is C13H10BrF3OS2. The molecule has 0 spiro atoms. The number of benzene rings is 1. The molecule has 1 heterocycles. The first kappa shape index (κ1) is 15.9. The number of aliphatic hydroxyl groups excluding tert-OH is 1. The molecule has 2 aromatic rings. The average Bonchev–Trinajstić information content (AvgIpc) is 2.73. The number of rotatable bonds is 4. The van der Waals surface area contributed by atoms with Gasteiger partial charge in [-0.15, -0.1) is 11.3 Å². The summed E-state index contributed by atoms with van der Waals surface area (Å²) in [6.07, 6.45) is -0.271. The zero-order chi connectivity index (χ0) is 14.8. The maximum atomic E-state index is 12.2. The fourth-order valence-electron chi connectivity index (χ4n) is 1.66. The molecule has 0 aliphatic rings. The van der Waals surface area contributed by atoms with Crippen LogP contribution in [0.25, 0.3) is 0 Å². The van der Waals surface area contributed by atoms with E-state index < -0.39 is 11.6 Å². The topological polar surface area (TPSA) is 20.2 Å². The van der Waals surface area contributed by atoms with Gasteiger partial charge in [0.05, 0.1) is 6.10 Å². The van der Waals surface area contributed by atoms with Crippen molar-refractivity contribution in [2.24, 2.45) is 0 Å². The summed E-state index contributed by atoms with van der Waals surface area (Å²) >= 11 is 4.70. The zero-order valence-corrected chi connectivity index (χ0v) is 13.2. The van der Waals surface area contributed by atoms with Gasteiger partial charge in [0.1, 0.15) is 0 Å². The van der Waals surface area contributed by atoms with Crippen molar-refractivity contribution in [3.63, 3.8) is 0 Å². The highest BCUT2D eigenvalue weighted by molar-refractivity contribution is 9.10. The number of hydrogen-bond donors (Lipinski definition) is 1. The lowest BCUT2D eigenvalue weighted by atomic mass is 10.1. The highest BCUT2D eigenvalue weighted by atomic mass is 79.9. The third kappa shape index (κ3) is 4.80. The Morgan fingerprint density at radius 3 is 2.40 bits per heavy atom. The summed E-state index contributed by atoms with van der Waals surface area (Å²) < 4.78 is 37.6. The van der Waals surface area contributed by atoms with E-state index in [0.29, 0.717) is 12.0 Å². The molecule has 0 radical (unpaired) electrons. The number of thiophene rings is 1. The quantitative estimate of drug-likeness (QED) is 0.714. The minimum Gasteiger partial charge on any atom is -0.388 e. The molecule has 1 aromatic heterocycles. The fourth-order valence-corrected chi connectivity index (χ4v) is 3.69. The van der Waals surface area contributed by atoms with Crippen LogP contribution in [0, 0.1) is 0 Å². The molecule has 1 nitrogen and oxygen atoms in total. The number of halogens is 4. The molecule has 108 valence electrons. The Hall–Kier alpha value is -0.500. The van der Waals surface area contributed by atoms with Crippen molar-refractivity contribution < 1.29 is 18.3 Å². The molecule has 7 heteroatoms. The molecule has 1 unspecified atom stereocenters. The van der Waals surface area contributed by atoms with E-state index in [-0.39, 0.29) is 16.7 Å². The monoisotopic (exact) mass is 382 g/mol. The molecule has 0 saturated heterocycles. The van der Waals surface area contributed by atoms with E-state index >= 15 is 0 Å². The van der Waals surface area contributed by atoms with Crippen LogP contribution in [0.2, 0.25) is 0 Å². The summed E-state index contributed by atoms with van der Waals surface area (Å²) in [7, 11) is 0. The second-order valence-electron chi connectivity index (χ2n) is 4.07. The van der Waals surface area contributed by atoms with E-state index in [1.165, 1.54) is 35.6 Å². The summed E-state index contributed by atoms with van der Waals surface area (Å²) in [6.45, 7) is 0. The van der Waals surface area contributed by atoms with Gasteiger partial charge in [-0.3, -0.25) is 0 Å². The Balaban J connectivity index is 2.02. The average molecular weight is 383 g/mol. The van der Waals surface area contributed by atoms with Crippen molar-refractivity contribution in [2.45, 2.75) is 22.9 Å². The van der Waals surface area contributed by atoms with Crippen LogP contribution < -0.4 is 0 Å². The number of aliphatic hydroxyl groups is 1. The molecule has 1 aromatic carbocycles. The number of alkyl halides is 3. The minimum atomic E-state index is -4.29. The second kappa shape index (κ2) is 6.51. The van der Waals surface area contributed by atoms with Crippen LogP contribution in [0.15, 0.2) is 45.1 Å². The van der Waals surface area contributed by atoms with E-state index in [4.69, 9.17) is 0 Å². The first-order valence-electron chi connectivity index (χ1n) is 5.60. The predicted molar refractivity (Wildman–Crippen MR) is 79.0 cm³/mol. The van der Waals surface area contributed by atoms with Crippen LogP contribution in [0.1, 0.15) is 16.5 Å². The van der Waals surface area contributed by atoms with E-state index in [1.807, 2.05) is 11.4 Å². The molecule has 0 aliphatic heterocycles. The zero-order valence-electron chi connectivity index (χ0n) is 10.0. The first-order valence-corrected chi connectivity index (χ1v) is 8.09. The van der Waals surface area contributed by atoms with Crippen molar-refractivity contribution in [1.82, 2.24) is 0 Å².